The van der Waals surface area contributed by atoms with Crippen LogP contribution in [0.2, 0.25) is 0 Å². The molecule has 1 saturated heterocycles. The van der Waals surface area contributed by atoms with Crippen molar-refractivity contribution in [2.75, 3.05) is 25.1 Å². The van der Waals surface area contributed by atoms with Gasteiger partial charge in [0.15, 0.2) is 0 Å². The Morgan fingerprint density at radius 1 is 1.44 bits per heavy atom. The molecule has 0 aliphatic carbocycles. The Hall–Kier alpha value is -1.36. The third-order valence-electron chi connectivity index (χ3n) is 3.25. The summed E-state index contributed by atoms with van der Waals surface area (Å²) < 4.78 is 5.31. The first kappa shape index (κ1) is 9.84. The van der Waals surface area contributed by atoms with E-state index in [1.165, 1.54) is 0 Å². The minimum atomic E-state index is 0.0131. The maximum absolute atomic E-state index is 11.9. The van der Waals surface area contributed by atoms with E-state index in [0.29, 0.717) is 6.61 Å². The van der Waals surface area contributed by atoms with Gasteiger partial charge in [0.25, 0.3) is 5.56 Å². The number of fused-ring (bicyclic) bond motifs is 1. The van der Waals surface area contributed by atoms with Crippen LogP contribution >= 0.6 is 0 Å². The molecule has 1 fully saturated rings. The van der Waals surface area contributed by atoms with Crippen LogP contribution in [0.3, 0.4) is 0 Å². The average molecular weight is 221 g/mol. The van der Waals surface area contributed by atoms with E-state index >= 15 is 0 Å². The highest BCUT2D eigenvalue weighted by molar-refractivity contribution is 5.45. The number of nitrogens with one attached hydrogen (secondary N) is 2. The predicted molar refractivity (Wildman–Crippen MR) is 59.8 cm³/mol. The van der Waals surface area contributed by atoms with Gasteiger partial charge in [-0.2, -0.15) is 0 Å². The predicted octanol–water partition coefficient (Wildman–Crippen LogP) is 0.632. The fourth-order valence-electron chi connectivity index (χ4n) is 2.31. The molecule has 1 aromatic rings. The molecule has 0 radical (unpaired) electrons. The summed E-state index contributed by atoms with van der Waals surface area (Å²) >= 11 is 0. The lowest BCUT2D eigenvalue weighted by atomic mass is 10.1. The number of hydrogen-bond donors (Lipinski definition) is 2. The van der Waals surface area contributed by atoms with Crippen molar-refractivity contribution in [3.8, 4) is 0 Å². The molecule has 2 aliphatic rings. The lowest BCUT2D eigenvalue weighted by Crippen LogP contribution is -2.26. The zero-order valence-electron chi connectivity index (χ0n) is 9.08. The lowest BCUT2D eigenvalue weighted by Gasteiger charge is -2.17. The molecule has 2 N–H and O–H groups in total. The Labute approximate surface area is 93.2 Å². The maximum Gasteiger partial charge on any atom is 0.256 e. The zero-order chi connectivity index (χ0) is 11.0. The summed E-state index contributed by atoms with van der Waals surface area (Å²) in [6.07, 6.45) is 2.78. The summed E-state index contributed by atoms with van der Waals surface area (Å²) in [6, 6.07) is 0. The molecule has 2 aliphatic heterocycles. The van der Waals surface area contributed by atoms with E-state index < -0.39 is 0 Å². The normalized spacial score (nSPS) is 23.9. The molecule has 0 spiro atoms. The van der Waals surface area contributed by atoms with E-state index in [-0.39, 0.29) is 11.5 Å². The molecule has 86 valence electrons. The highest BCUT2D eigenvalue weighted by atomic mass is 16.5. The van der Waals surface area contributed by atoms with Crippen molar-refractivity contribution >= 4 is 5.82 Å². The van der Waals surface area contributed by atoms with Crippen LogP contribution in [0.5, 0.6) is 0 Å². The van der Waals surface area contributed by atoms with Gasteiger partial charge in [-0.25, -0.2) is 4.98 Å². The highest BCUT2D eigenvalue weighted by Gasteiger charge is 2.23. The number of rotatable bonds is 1. The second-order valence-electron chi connectivity index (χ2n) is 4.37. The molecular formula is C11H15N3O2. The van der Waals surface area contributed by atoms with Crippen molar-refractivity contribution < 1.29 is 4.74 Å². The van der Waals surface area contributed by atoms with E-state index in [1.54, 1.807) is 0 Å². The molecule has 5 nitrogen and oxygen atoms in total. The van der Waals surface area contributed by atoms with Gasteiger partial charge in [0, 0.05) is 19.1 Å². The fourth-order valence-corrected chi connectivity index (χ4v) is 2.31. The Morgan fingerprint density at radius 3 is 3.19 bits per heavy atom. The summed E-state index contributed by atoms with van der Waals surface area (Å²) in [4.78, 5) is 19.3. The highest BCUT2D eigenvalue weighted by Crippen LogP contribution is 2.24. The van der Waals surface area contributed by atoms with E-state index in [9.17, 15) is 4.79 Å². The largest absolute Gasteiger partial charge is 0.381 e. The van der Waals surface area contributed by atoms with Gasteiger partial charge in [0.05, 0.1) is 12.2 Å². The van der Waals surface area contributed by atoms with Gasteiger partial charge in [-0.15, -0.1) is 0 Å². The Kier molecular flexibility index (Phi) is 2.40. The average Bonchev–Trinajstić information content (AvgIpc) is 2.82. The third kappa shape index (κ3) is 1.61. The molecule has 0 amide bonds. The van der Waals surface area contributed by atoms with Gasteiger partial charge < -0.3 is 15.0 Å². The van der Waals surface area contributed by atoms with Crippen LogP contribution in [0.4, 0.5) is 5.82 Å². The van der Waals surface area contributed by atoms with Gasteiger partial charge in [-0.3, -0.25) is 4.79 Å². The number of aromatic amines is 1. The second-order valence-corrected chi connectivity index (χ2v) is 4.37. The van der Waals surface area contributed by atoms with Crippen molar-refractivity contribution in [1.29, 1.82) is 0 Å². The monoisotopic (exact) mass is 221 g/mol. The number of ether oxygens (including phenoxy) is 1. The van der Waals surface area contributed by atoms with Crippen LogP contribution in [-0.4, -0.2) is 29.7 Å². The van der Waals surface area contributed by atoms with Gasteiger partial charge in [0.2, 0.25) is 0 Å². The lowest BCUT2D eigenvalue weighted by molar-refractivity contribution is 0.193. The van der Waals surface area contributed by atoms with Crippen molar-refractivity contribution in [1.82, 2.24) is 9.97 Å². The Bertz CT molecular complexity index is 449. The molecular weight excluding hydrogens is 206 g/mol. The second kappa shape index (κ2) is 3.90. The standard InChI is InChI=1S/C11H15N3O2/c15-11-8-2-1-4-12-10(8)13-9(14-11)7-3-5-16-6-7/h7H,1-6H2,(H2,12,13,14,15). The fraction of sp³-hybridized carbons (Fsp3) is 0.636. The summed E-state index contributed by atoms with van der Waals surface area (Å²) in [5.41, 5.74) is 0.813. The van der Waals surface area contributed by atoms with Gasteiger partial charge in [0.1, 0.15) is 11.6 Å². The topological polar surface area (TPSA) is 67.0 Å². The van der Waals surface area contributed by atoms with Crippen LogP contribution in [0.1, 0.15) is 30.1 Å². The minimum absolute atomic E-state index is 0.0131. The smallest absolute Gasteiger partial charge is 0.256 e. The third-order valence-corrected chi connectivity index (χ3v) is 3.25. The number of anilines is 1. The number of aromatic nitrogens is 2. The quantitative estimate of drug-likeness (QED) is 0.730. The van der Waals surface area contributed by atoms with Crippen molar-refractivity contribution in [3.63, 3.8) is 0 Å². The molecule has 5 heteroatoms. The van der Waals surface area contributed by atoms with Gasteiger partial charge in [-0.1, -0.05) is 0 Å². The molecule has 1 atom stereocenters. The Balaban J connectivity index is 2.01. The van der Waals surface area contributed by atoms with E-state index in [1.807, 2.05) is 0 Å². The van der Waals surface area contributed by atoms with Crippen molar-refractivity contribution in [2.24, 2.45) is 0 Å². The molecule has 3 heterocycles. The van der Waals surface area contributed by atoms with Crippen LogP contribution in [-0.2, 0) is 11.2 Å². The molecule has 1 unspecified atom stereocenters. The minimum Gasteiger partial charge on any atom is -0.381 e. The van der Waals surface area contributed by atoms with Crippen LogP contribution < -0.4 is 10.9 Å². The zero-order valence-corrected chi connectivity index (χ0v) is 9.08. The van der Waals surface area contributed by atoms with Gasteiger partial charge >= 0.3 is 0 Å². The molecule has 1 aromatic heterocycles. The first-order chi connectivity index (χ1) is 7.84. The maximum atomic E-state index is 11.9. The first-order valence-electron chi connectivity index (χ1n) is 5.79. The summed E-state index contributed by atoms with van der Waals surface area (Å²) in [5, 5.41) is 3.20. The van der Waals surface area contributed by atoms with Gasteiger partial charge in [-0.05, 0) is 19.3 Å². The van der Waals surface area contributed by atoms with Crippen LogP contribution in [0, 0.1) is 0 Å². The van der Waals surface area contributed by atoms with E-state index in [4.69, 9.17) is 4.74 Å². The SMILES string of the molecule is O=c1[nH]c(C2CCOC2)nc2c1CCCN2. The van der Waals surface area contributed by atoms with Crippen LogP contribution in [0.15, 0.2) is 4.79 Å². The van der Waals surface area contributed by atoms with Crippen LogP contribution in [0.25, 0.3) is 0 Å². The Morgan fingerprint density at radius 2 is 2.38 bits per heavy atom. The van der Waals surface area contributed by atoms with Crippen molar-refractivity contribution in [2.45, 2.75) is 25.2 Å². The van der Waals surface area contributed by atoms with Crippen molar-refractivity contribution in [3.05, 3.63) is 21.7 Å². The molecule has 0 saturated carbocycles. The molecule has 0 aromatic carbocycles. The molecule has 3 rings (SSSR count). The summed E-state index contributed by atoms with van der Waals surface area (Å²) in [7, 11) is 0. The number of hydrogen-bond acceptors (Lipinski definition) is 4. The summed E-state index contributed by atoms with van der Waals surface area (Å²) in [6.45, 7) is 2.34. The van der Waals surface area contributed by atoms with E-state index in [2.05, 4.69) is 15.3 Å². The number of nitrogens with zero attached hydrogens (tertiary/aromatic N) is 1. The first-order valence-corrected chi connectivity index (χ1v) is 5.79. The molecule has 16 heavy (non-hydrogen) atoms. The summed E-state index contributed by atoms with van der Waals surface area (Å²) in [5.74, 6) is 1.80. The molecule has 0 bridgehead atoms. The number of H-pyrrole nitrogens is 1. The van der Waals surface area contributed by atoms with E-state index in [0.717, 1.165) is 49.6 Å².